The van der Waals surface area contributed by atoms with Gasteiger partial charge in [0.15, 0.2) is 16.6 Å². The smallest absolute Gasteiger partial charge is 0.248 e. The number of amides is 1. The van der Waals surface area contributed by atoms with E-state index < -0.39 is 22.7 Å². The normalized spacial score (nSPS) is 16.6. The van der Waals surface area contributed by atoms with Crippen LogP contribution < -0.4 is 0 Å². The van der Waals surface area contributed by atoms with Gasteiger partial charge in [-0.25, -0.2) is 5.06 Å². The van der Waals surface area contributed by atoms with Crippen LogP contribution in [0.5, 0.6) is 0 Å². The molecule has 32 heavy (non-hydrogen) atoms. The molecule has 0 saturated carbocycles. The topological polar surface area (TPSA) is 68.2 Å². The Labute approximate surface area is 200 Å². The van der Waals surface area contributed by atoms with Crippen molar-refractivity contribution in [1.29, 1.82) is 0 Å². The fourth-order valence-corrected chi connectivity index (χ4v) is 5.35. The standard InChI is InChI=1S/C24H53NO5Si2/c1-19(20(26)18-22(27)25(8)28-9)21(30-32(12,13)24(5,6)7)16-14-15-17-29-31(10,11)23(2,3)4/h19-21,26H,14-18H2,1-13H3/t19-,20+,21-/m1/s1. The van der Waals surface area contributed by atoms with Gasteiger partial charge in [-0.15, -0.1) is 0 Å². The van der Waals surface area contributed by atoms with Crippen LogP contribution >= 0.6 is 0 Å². The molecule has 0 heterocycles. The van der Waals surface area contributed by atoms with Gasteiger partial charge >= 0.3 is 0 Å². The molecular weight excluding hydrogens is 438 g/mol. The van der Waals surface area contributed by atoms with Crippen LogP contribution in [0, 0.1) is 5.92 Å². The van der Waals surface area contributed by atoms with E-state index in [0.29, 0.717) is 0 Å². The van der Waals surface area contributed by atoms with Crippen LogP contribution in [-0.2, 0) is 18.5 Å². The lowest BCUT2D eigenvalue weighted by Gasteiger charge is -2.42. The second kappa shape index (κ2) is 12.4. The molecule has 1 N–H and O–H groups in total. The number of carbonyl (C=O) groups excluding carboxylic acids is 1. The van der Waals surface area contributed by atoms with Gasteiger partial charge in [-0.05, 0) is 55.5 Å². The summed E-state index contributed by atoms with van der Waals surface area (Å²) < 4.78 is 13.1. The molecule has 0 aromatic heterocycles. The fraction of sp³-hybridized carbons (Fsp3) is 0.958. The molecule has 8 heteroatoms. The quantitative estimate of drug-likeness (QED) is 0.195. The Morgan fingerprint density at radius 2 is 1.47 bits per heavy atom. The third-order valence-corrected chi connectivity index (χ3v) is 16.6. The number of aliphatic hydroxyl groups excluding tert-OH is 1. The van der Waals surface area contributed by atoms with Crippen LogP contribution in [0.1, 0.15) is 74.1 Å². The predicted molar refractivity (Wildman–Crippen MR) is 139 cm³/mol. The zero-order valence-corrected chi connectivity index (χ0v) is 25.3. The van der Waals surface area contributed by atoms with Crippen molar-refractivity contribution in [3.63, 3.8) is 0 Å². The number of hydrogen-bond acceptors (Lipinski definition) is 5. The van der Waals surface area contributed by atoms with E-state index in [1.165, 1.54) is 7.11 Å². The van der Waals surface area contributed by atoms with Crippen LogP contribution in [-0.4, -0.2) is 65.7 Å². The molecular formula is C24H53NO5Si2. The monoisotopic (exact) mass is 491 g/mol. The molecule has 6 nitrogen and oxygen atoms in total. The summed E-state index contributed by atoms with van der Waals surface area (Å²) in [5.41, 5.74) is 0. The van der Waals surface area contributed by atoms with E-state index in [9.17, 15) is 9.90 Å². The van der Waals surface area contributed by atoms with Gasteiger partial charge in [0, 0.05) is 19.6 Å². The minimum absolute atomic E-state index is 0.0252. The number of aliphatic hydroxyl groups is 1. The first kappa shape index (κ1) is 31.7. The first-order chi connectivity index (χ1) is 14.3. The lowest BCUT2D eigenvalue weighted by atomic mass is 9.92. The molecule has 0 aliphatic carbocycles. The van der Waals surface area contributed by atoms with E-state index in [0.717, 1.165) is 30.9 Å². The minimum Gasteiger partial charge on any atom is -0.417 e. The van der Waals surface area contributed by atoms with Crippen molar-refractivity contribution in [3.05, 3.63) is 0 Å². The molecule has 0 aliphatic rings. The van der Waals surface area contributed by atoms with Gasteiger partial charge in [0.05, 0.1) is 25.7 Å². The zero-order valence-electron chi connectivity index (χ0n) is 23.3. The van der Waals surface area contributed by atoms with Crippen molar-refractivity contribution < 1.29 is 23.6 Å². The molecule has 0 unspecified atom stereocenters. The number of hydrogen-bond donors (Lipinski definition) is 1. The molecule has 0 bridgehead atoms. The molecule has 192 valence electrons. The lowest BCUT2D eigenvalue weighted by Crippen LogP contribution is -2.47. The van der Waals surface area contributed by atoms with Crippen molar-refractivity contribution in [1.82, 2.24) is 5.06 Å². The zero-order chi connectivity index (χ0) is 25.5. The summed E-state index contributed by atoms with van der Waals surface area (Å²) in [5.74, 6) is -0.389. The molecule has 0 aromatic rings. The maximum Gasteiger partial charge on any atom is 0.248 e. The van der Waals surface area contributed by atoms with E-state index in [-0.39, 0.29) is 34.4 Å². The molecule has 1 amide bonds. The summed E-state index contributed by atoms with van der Waals surface area (Å²) in [4.78, 5) is 17.2. The number of carbonyl (C=O) groups is 1. The molecule has 0 aromatic carbocycles. The Hall–Kier alpha value is -0.256. The van der Waals surface area contributed by atoms with Crippen molar-refractivity contribution in [2.45, 2.75) is 123 Å². The van der Waals surface area contributed by atoms with E-state index in [4.69, 9.17) is 13.7 Å². The van der Waals surface area contributed by atoms with E-state index >= 15 is 0 Å². The number of unbranched alkanes of at least 4 members (excludes halogenated alkanes) is 1. The summed E-state index contributed by atoms with van der Waals surface area (Å²) >= 11 is 0. The Bertz CT molecular complexity index is 570. The first-order valence-corrected chi connectivity index (χ1v) is 17.9. The van der Waals surface area contributed by atoms with Gasteiger partial charge in [-0.2, -0.15) is 0 Å². The van der Waals surface area contributed by atoms with Gasteiger partial charge in [0.1, 0.15) is 0 Å². The van der Waals surface area contributed by atoms with Gasteiger partial charge in [0.2, 0.25) is 5.91 Å². The maximum absolute atomic E-state index is 12.2. The number of rotatable bonds is 13. The highest BCUT2D eigenvalue weighted by Crippen LogP contribution is 2.39. The Morgan fingerprint density at radius 3 is 1.91 bits per heavy atom. The molecule has 0 aliphatic heterocycles. The number of nitrogens with zero attached hydrogens (tertiary/aromatic N) is 1. The van der Waals surface area contributed by atoms with Crippen molar-refractivity contribution >= 4 is 22.5 Å². The minimum atomic E-state index is -2.02. The molecule has 3 atom stereocenters. The second-order valence-corrected chi connectivity index (χ2v) is 21.8. The second-order valence-electron chi connectivity index (χ2n) is 12.2. The largest absolute Gasteiger partial charge is 0.417 e. The number of hydroxylamine groups is 2. The van der Waals surface area contributed by atoms with Gasteiger partial charge in [0.25, 0.3) is 0 Å². The summed E-state index contributed by atoms with van der Waals surface area (Å²) in [6.07, 6.45) is 1.93. The van der Waals surface area contributed by atoms with Crippen molar-refractivity contribution in [2.75, 3.05) is 20.8 Å². The van der Waals surface area contributed by atoms with Crippen LogP contribution in [0.4, 0.5) is 0 Å². The van der Waals surface area contributed by atoms with Crippen LogP contribution in [0.3, 0.4) is 0 Å². The van der Waals surface area contributed by atoms with E-state index in [2.05, 4.69) is 67.7 Å². The SMILES string of the molecule is CON(C)C(=O)C[C@H](O)[C@@H](C)[C@@H](CCCCO[Si](C)(C)C(C)(C)C)O[Si](C)(C)C(C)(C)C. The van der Waals surface area contributed by atoms with Crippen LogP contribution in [0.25, 0.3) is 0 Å². The Morgan fingerprint density at radius 1 is 0.969 bits per heavy atom. The lowest BCUT2D eigenvalue weighted by molar-refractivity contribution is -0.171. The maximum atomic E-state index is 12.2. The van der Waals surface area contributed by atoms with Crippen LogP contribution in [0.2, 0.25) is 36.3 Å². The van der Waals surface area contributed by atoms with E-state index in [1.54, 1.807) is 7.05 Å². The highest BCUT2D eigenvalue weighted by atomic mass is 28.4. The predicted octanol–water partition coefficient (Wildman–Crippen LogP) is 5.98. The Kier molecular flexibility index (Phi) is 12.3. The van der Waals surface area contributed by atoms with Crippen molar-refractivity contribution in [2.24, 2.45) is 5.92 Å². The van der Waals surface area contributed by atoms with Gasteiger partial charge in [-0.3, -0.25) is 9.63 Å². The summed E-state index contributed by atoms with van der Waals surface area (Å²) in [6.45, 7) is 25.2. The summed E-state index contributed by atoms with van der Waals surface area (Å²) in [5, 5.41) is 12.3. The fourth-order valence-electron chi connectivity index (χ4n) is 2.82. The van der Waals surface area contributed by atoms with Crippen molar-refractivity contribution in [3.8, 4) is 0 Å². The molecule has 0 spiro atoms. The average Bonchev–Trinajstić information content (AvgIpc) is 2.63. The molecule has 0 fully saturated rings. The Balaban J connectivity index is 5.15. The van der Waals surface area contributed by atoms with E-state index in [1.807, 2.05) is 6.92 Å². The average molecular weight is 492 g/mol. The third-order valence-electron chi connectivity index (χ3n) is 7.61. The summed E-state index contributed by atoms with van der Waals surface area (Å²) in [6, 6.07) is 0. The highest BCUT2D eigenvalue weighted by molar-refractivity contribution is 6.74. The molecule has 0 rings (SSSR count). The summed E-state index contributed by atoms with van der Waals surface area (Å²) in [7, 11) is -0.752. The molecule has 0 saturated heterocycles. The van der Waals surface area contributed by atoms with Gasteiger partial charge < -0.3 is 14.0 Å². The van der Waals surface area contributed by atoms with Crippen LogP contribution in [0.15, 0.2) is 0 Å². The highest BCUT2D eigenvalue weighted by Gasteiger charge is 2.41. The van der Waals surface area contributed by atoms with Gasteiger partial charge in [-0.1, -0.05) is 48.5 Å². The first-order valence-electron chi connectivity index (χ1n) is 12.1. The molecule has 0 radical (unpaired) electrons. The third kappa shape index (κ3) is 9.93.